The number of hydrogen-bond donors (Lipinski definition) is 0. The number of piperazine rings is 1. The van der Waals surface area contributed by atoms with Crippen LogP contribution in [0.5, 0.6) is 0 Å². The van der Waals surface area contributed by atoms with Crippen LogP contribution in [0.15, 0.2) is 0 Å². The highest BCUT2D eigenvalue weighted by Crippen LogP contribution is 2.23. The van der Waals surface area contributed by atoms with Gasteiger partial charge >= 0.3 is 0 Å². The molecule has 2 heterocycles. The van der Waals surface area contributed by atoms with Crippen LogP contribution in [-0.2, 0) is 0 Å². The van der Waals surface area contributed by atoms with E-state index in [9.17, 15) is 0 Å². The molecular weight excluding hydrogens is 234 g/mol. The molecule has 112 valence electrons. The van der Waals surface area contributed by atoms with Gasteiger partial charge in [-0.25, -0.2) is 0 Å². The summed E-state index contributed by atoms with van der Waals surface area (Å²) < 4.78 is 0. The maximum absolute atomic E-state index is 2.73. The molecule has 0 amide bonds. The van der Waals surface area contributed by atoms with E-state index in [1.807, 2.05) is 0 Å². The zero-order valence-corrected chi connectivity index (χ0v) is 13.8. The van der Waals surface area contributed by atoms with Crippen molar-refractivity contribution in [1.29, 1.82) is 0 Å². The molecule has 0 saturated carbocycles. The molecule has 0 bridgehead atoms. The Kier molecular flexibility index (Phi) is 4.91. The van der Waals surface area contributed by atoms with Crippen LogP contribution in [0.25, 0.3) is 0 Å². The largest absolute Gasteiger partial charge is 0.300 e. The van der Waals surface area contributed by atoms with E-state index in [4.69, 9.17) is 0 Å². The molecule has 0 aromatic heterocycles. The van der Waals surface area contributed by atoms with Crippen LogP contribution >= 0.6 is 0 Å². The van der Waals surface area contributed by atoms with Gasteiger partial charge in [0.05, 0.1) is 0 Å². The second-order valence-corrected chi connectivity index (χ2v) is 7.36. The van der Waals surface area contributed by atoms with Gasteiger partial charge in [-0.05, 0) is 47.5 Å². The Morgan fingerprint density at radius 3 is 2.00 bits per heavy atom. The SMILES string of the molecule is CC(C)N1CC(CN2C[C@H](C)N(C(C)C)C[C@H]2C)C1. The molecule has 0 aliphatic carbocycles. The minimum absolute atomic E-state index is 0.680. The van der Waals surface area contributed by atoms with Gasteiger partial charge in [-0.3, -0.25) is 9.80 Å². The maximum Gasteiger partial charge on any atom is 0.0198 e. The number of hydrogen-bond acceptors (Lipinski definition) is 3. The molecule has 2 rings (SSSR count). The van der Waals surface area contributed by atoms with Gasteiger partial charge in [0.25, 0.3) is 0 Å². The van der Waals surface area contributed by atoms with Crippen LogP contribution < -0.4 is 0 Å². The average Bonchev–Trinajstić information content (AvgIpc) is 2.25. The summed E-state index contributed by atoms with van der Waals surface area (Å²) >= 11 is 0. The van der Waals surface area contributed by atoms with Crippen LogP contribution in [0.3, 0.4) is 0 Å². The zero-order chi connectivity index (χ0) is 14.2. The summed E-state index contributed by atoms with van der Waals surface area (Å²) in [4.78, 5) is 7.97. The van der Waals surface area contributed by atoms with Crippen LogP contribution in [0.1, 0.15) is 41.5 Å². The van der Waals surface area contributed by atoms with Crippen LogP contribution in [0, 0.1) is 5.92 Å². The van der Waals surface area contributed by atoms with Gasteiger partial charge in [-0.15, -0.1) is 0 Å². The van der Waals surface area contributed by atoms with Crippen LogP contribution in [0.4, 0.5) is 0 Å². The summed E-state index contributed by atoms with van der Waals surface area (Å²) in [6, 6.07) is 2.83. The highest BCUT2D eigenvalue weighted by molar-refractivity contribution is 4.90. The fourth-order valence-electron chi connectivity index (χ4n) is 3.68. The Hall–Kier alpha value is -0.120. The van der Waals surface area contributed by atoms with Gasteiger partial charge in [-0.2, -0.15) is 0 Å². The normalized spacial score (nSPS) is 32.2. The van der Waals surface area contributed by atoms with Crippen molar-refractivity contribution in [3.8, 4) is 0 Å². The first-order valence-electron chi connectivity index (χ1n) is 8.12. The first kappa shape index (κ1) is 15.3. The zero-order valence-electron chi connectivity index (χ0n) is 13.8. The molecule has 0 aromatic carbocycles. The van der Waals surface area contributed by atoms with Crippen molar-refractivity contribution in [2.24, 2.45) is 5.92 Å². The summed E-state index contributed by atoms with van der Waals surface area (Å²) in [5.74, 6) is 0.905. The van der Waals surface area contributed by atoms with Crippen molar-refractivity contribution < 1.29 is 0 Å². The van der Waals surface area contributed by atoms with E-state index < -0.39 is 0 Å². The summed E-state index contributed by atoms with van der Waals surface area (Å²) in [5, 5.41) is 0. The fraction of sp³-hybridized carbons (Fsp3) is 1.00. The fourth-order valence-corrected chi connectivity index (χ4v) is 3.68. The van der Waals surface area contributed by atoms with E-state index >= 15 is 0 Å². The van der Waals surface area contributed by atoms with Crippen molar-refractivity contribution >= 4 is 0 Å². The standard InChI is InChI=1S/C16H33N3/c1-12(2)17-9-16(10-17)11-18-7-15(6)19(13(3)4)8-14(18)5/h12-16H,7-11H2,1-6H3/t14-,15+/m1/s1. The monoisotopic (exact) mass is 267 g/mol. The predicted molar refractivity (Wildman–Crippen MR) is 82.5 cm³/mol. The lowest BCUT2D eigenvalue weighted by molar-refractivity contribution is -0.0152. The maximum atomic E-state index is 2.73. The highest BCUT2D eigenvalue weighted by Gasteiger charge is 2.35. The number of likely N-dealkylation sites (tertiary alicyclic amines) is 1. The second-order valence-electron chi connectivity index (χ2n) is 7.36. The van der Waals surface area contributed by atoms with Gasteiger partial charge in [-0.1, -0.05) is 0 Å². The van der Waals surface area contributed by atoms with Crippen molar-refractivity contribution in [2.45, 2.75) is 65.7 Å². The third kappa shape index (κ3) is 3.50. The molecule has 2 fully saturated rings. The Morgan fingerprint density at radius 2 is 1.47 bits per heavy atom. The molecular formula is C16H33N3. The van der Waals surface area contributed by atoms with Crippen molar-refractivity contribution in [1.82, 2.24) is 14.7 Å². The molecule has 0 aromatic rings. The smallest absolute Gasteiger partial charge is 0.0198 e. The van der Waals surface area contributed by atoms with Crippen molar-refractivity contribution in [3.05, 3.63) is 0 Å². The molecule has 0 spiro atoms. The molecule has 3 nitrogen and oxygen atoms in total. The van der Waals surface area contributed by atoms with Gasteiger partial charge in [0.15, 0.2) is 0 Å². The Labute approximate surface area is 119 Å². The Balaban J connectivity index is 1.80. The van der Waals surface area contributed by atoms with Gasteiger partial charge in [0.1, 0.15) is 0 Å². The van der Waals surface area contributed by atoms with Crippen molar-refractivity contribution in [3.63, 3.8) is 0 Å². The minimum Gasteiger partial charge on any atom is -0.300 e. The lowest BCUT2D eigenvalue weighted by atomic mass is 9.95. The third-order valence-corrected chi connectivity index (χ3v) is 5.03. The van der Waals surface area contributed by atoms with E-state index in [0.717, 1.165) is 12.0 Å². The lowest BCUT2D eigenvalue weighted by Gasteiger charge is -2.50. The van der Waals surface area contributed by atoms with Gasteiger partial charge in [0.2, 0.25) is 0 Å². The van der Waals surface area contributed by atoms with Gasteiger partial charge < -0.3 is 4.90 Å². The Bertz CT molecular complexity index is 284. The molecule has 2 saturated heterocycles. The first-order chi connectivity index (χ1) is 8.88. The van der Waals surface area contributed by atoms with E-state index in [1.165, 1.54) is 32.7 Å². The lowest BCUT2D eigenvalue weighted by Crippen LogP contribution is -2.61. The minimum atomic E-state index is 0.680. The van der Waals surface area contributed by atoms with Gasteiger partial charge in [0, 0.05) is 56.9 Å². The molecule has 2 atom stereocenters. The molecule has 3 heteroatoms. The quantitative estimate of drug-likeness (QED) is 0.772. The highest BCUT2D eigenvalue weighted by atomic mass is 15.3. The van der Waals surface area contributed by atoms with E-state index in [-0.39, 0.29) is 0 Å². The first-order valence-corrected chi connectivity index (χ1v) is 8.12. The summed E-state index contributed by atoms with van der Waals surface area (Å²) in [6.45, 7) is 20.5. The van der Waals surface area contributed by atoms with Crippen LogP contribution in [0.2, 0.25) is 0 Å². The summed E-state index contributed by atoms with van der Waals surface area (Å²) in [5.41, 5.74) is 0. The summed E-state index contributed by atoms with van der Waals surface area (Å²) in [6.07, 6.45) is 0. The average molecular weight is 267 g/mol. The van der Waals surface area contributed by atoms with E-state index in [0.29, 0.717) is 18.1 Å². The summed E-state index contributed by atoms with van der Waals surface area (Å²) in [7, 11) is 0. The predicted octanol–water partition coefficient (Wildman–Crippen LogP) is 2.13. The van der Waals surface area contributed by atoms with Crippen LogP contribution in [-0.4, -0.2) is 71.6 Å². The molecule has 0 N–H and O–H groups in total. The topological polar surface area (TPSA) is 9.72 Å². The molecule has 0 radical (unpaired) electrons. The molecule has 19 heavy (non-hydrogen) atoms. The van der Waals surface area contributed by atoms with E-state index in [1.54, 1.807) is 0 Å². The van der Waals surface area contributed by atoms with Crippen molar-refractivity contribution in [2.75, 3.05) is 32.7 Å². The van der Waals surface area contributed by atoms with E-state index in [2.05, 4.69) is 56.2 Å². The second kappa shape index (κ2) is 6.11. The number of rotatable bonds is 4. The Morgan fingerprint density at radius 1 is 0.842 bits per heavy atom. The molecule has 2 aliphatic heterocycles. The molecule has 0 unspecified atom stereocenters. The number of nitrogens with zero attached hydrogens (tertiary/aromatic N) is 3. The third-order valence-electron chi connectivity index (χ3n) is 5.03. The molecule has 2 aliphatic rings.